The number of aliphatic hydroxyl groups excluding tert-OH is 1. The van der Waals surface area contributed by atoms with Crippen LogP contribution in [0.1, 0.15) is 31.2 Å². The molecule has 4 heterocycles. The highest BCUT2D eigenvalue weighted by Gasteiger charge is 2.47. The molecule has 1 saturated carbocycles. The number of aromatic hydroxyl groups is 1. The molecule has 8 nitrogen and oxygen atoms in total. The molecule has 3 saturated heterocycles. The molecule has 1 aliphatic carbocycles. The number of phenolic OH excluding ortho intramolecular Hbond substituents is 1. The number of piperazine rings is 1. The summed E-state index contributed by atoms with van der Waals surface area (Å²) in [6.45, 7) is 2.31. The normalized spacial score (nSPS) is 25.1. The third-order valence-electron chi connectivity index (χ3n) is 10.1. The smallest absolute Gasteiger partial charge is 0.319 e. The predicted molar refractivity (Wildman–Crippen MR) is 169 cm³/mol. The van der Waals surface area contributed by atoms with Crippen LogP contribution in [0.15, 0.2) is 30.3 Å². The number of nitrogens with one attached hydrogen (secondary N) is 1. The van der Waals surface area contributed by atoms with E-state index in [1.165, 1.54) is 18.2 Å². The minimum Gasteiger partial charge on any atom is -0.508 e. The second kappa shape index (κ2) is 11.2. The first-order chi connectivity index (χ1) is 22.6. The van der Waals surface area contributed by atoms with Crippen LogP contribution in [0.5, 0.6) is 11.8 Å². The molecule has 4 fully saturated rings. The number of hydrogen-bond acceptors (Lipinski definition) is 8. The molecule has 0 radical (unpaired) electrons. The van der Waals surface area contributed by atoms with Crippen LogP contribution in [0.3, 0.4) is 0 Å². The lowest BCUT2D eigenvalue weighted by atomic mass is 9.92. The summed E-state index contributed by atoms with van der Waals surface area (Å²) >= 11 is 0. The van der Waals surface area contributed by atoms with E-state index in [1.807, 2.05) is 9.80 Å². The number of aromatic nitrogens is 2. The van der Waals surface area contributed by atoms with Gasteiger partial charge in [-0.2, -0.15) is 9.97 Å². The molecule has 47 heavy (non-hydrogen) atoms. The van der Waals surface area contributed by atoms with Crippen molar-refractivity contribution in [2.24, 2.45) is 5.41 Å². The molecular weight excluding hydrogens is 614 g/mol. The van der Waals surface area contributed by atoms with Gasteiger partial charge in [0.25, 0.3) is 0 Å². The molecular formula is C35H33F4N5O3. The molecule has 3 aromatic carbocycles. The van der Waals surface area contributed by atoms with E-state index in [0.717, 1.165) is 37.8 Å². The lowest BCUT2D eigenvalue weighted by Gasteiger charge is -2.34. The van der Waals surface area contributed by atoms with Crippen LogP contribution < -0.4 is 15.0 Å². The van der Waals surface area contributed by atoms with Crippen molar-refractivity contribution in [1.29, 1.82) is 0 Å². The lowest BCUT2D eigenvalue weighted by Crippen LogP contribution is -2.51. The predicted octanol–water partition coefficient (Wildman–Crippen LogP) is 4.67. The quantitative estimate of drug-likeness (QED) is 0.197. The Bertz CT molecular complexity index is 1940. The molecule has 4 aliphatic rings. The zero-order valence-corrected chi connectivity index (χ0v) is 25.4. The number of anilines is 1. The van der Waals surface area contributed by atoms with Crippen molar-refractivity contribution in [3.63, 3.8) is 0 Å². The van der Waals surface area contributed by atoms with Crippen molar-refractivity contribution in [2.45, 2.75) is 50.0 Å². The average Bonchev–Trinajstić information content (AvgIpc) is 3.62. The van der Waals surface area contributed by atoms with Gasteiger partial charge in [-0.25, -0.2) is 17.6 Å². The third-order valence-corrected chi connectivity index (χ3v) is 10.1. The Balaban J connectivity index is 1.23. The number of rotatable bonds is 7. The number of ether oxygens (including phenoxy) is 1. The fourth-order valence-corrected chi connectivity index (χ4v) is 7.61. The SMILES string of the molecule is C#Cc1c(F)ccc2cc(O)cc(-c3c(F)cc4c(N5CC6CCC(C5)N6)nc(OCC5(CN6C[C@@H](O)[C@H](F)C6)CC5)nc4c3F)c12. The second-order valence-corrected chi connectivity index (χ2v) is 13.5. The van der Waals surface area contributed by atoms with E-state index in [4.69, 9.17) is 16.1 Å². The zero-order chi connectivity index (χ0) is 32.6. The number of hydrogen-bond donors (Lipinski definition) is 3. The first kappa shape index (κ1) is 30.2. The van der Waals surface area contributed by atoms with Gasteiger partial charge in [0.2, 0.25) is 0 Å². The van der Waals surface area contributed by atoms with E-state index in [0.29, 0.717) is 30.8 Å². The van der Waals surface area contributed by atoms with Crippen LogP contribution in [0, 0.1) is 35.2 Å². The molecule has 0 spiro atoms. The molecule has 3 aliphatic heterocycles. The van der Waals surface area contributed by atoms with Crippen molar-refractivity contribution in [2.75, 3.05) is 44.2 Å². The van der Waals surface area contributed by atoms with Crippen molar-refractivity contribution < 1.29 is 32.5 Å². The second-order valence-electron chi connectivity index (χ2n) is 13.5. The van der Waals surface area contributed by atoms with Crippen molar-refractivity contribution in [1.82, 2.24) is 20.2 Å². The summed E-state index contributed by atoms with van der Waals surface area (Å²) in [6.07, 6.45) is 6.96. The number of alkyl halides is 1. The van der Waals surface area contributed by atoms with Crippen LogP contribution >= 0.6 is 0 Å². The summed E-state index contributed by atoms with van der Waals surface area (Å²) < 4.78 is 68.0. The highest BCUT2D eigenvalue weighted by Crippen LogP contribution is 2.47. The van der Waals surface area contributed by atoms with Crippen LogP contribution in [-0.4, -0.2) is 88.8 Å². The average molecular weight is 648 g/mol. The fourth-order valence-electron chi connectivity index (χ4n) is 7.61. The van der Waals surface area contributed by atoms with Gasteiger partial charge in [0.05, 0.1) is 23.8 Å². The van der Waals surface area contributed by atoms with E-state index >= 15 is 8.78 Å². The van der Waals surface area contributed by atoms with Crippen molar-refractivity contribution >= 4 is 27.5 Å². The van der Waals surface area contributed by atoms with Gasteiger partial charge in [0, 0.05) is 66.6 Å². The number of phenols is 1. The van der Waals surface area contributed by atoms with Gasteiger partial charge in [-0.15, -0.1) is 6.42 Å². The summed E-state index contributed by atoms with van der Waals surface area (Å²) in [6, 6.07) is 6.56. The van der Waals surface area contributed by atoms with E-state index in [-0.39, 0.29) is 76.4 Å². The molecule has 4 aromatic rings. The number of fused-ring (bicyclic) bond motifs is 4. The first-order valence-electron chi connectivity index (χ1n) is 15.9. The number of β-amino-alcohol motifs (C(OH)–C–C–N with tert-alkyl or cyclic N) is 1. The minimum atomic E-state index is -1.29. The molecule has 2 bridgehead atoms. The summed E-state index contributed by atoms with van der Waals surface area (Å²) in [5, 5.41) is 24.5. The lowest BCUT2D eigenvalue weighted by molar-refractivity contribution is 0.113. The van der Waals surface area contributed by atoms with E-state index in [2.05, 4.69) is 16.2 Å². The number of aliphatic hydroxyl groups is 1. The standard InChI is InChI=1S/C35H33F4N5O3/c1-2-22-25(36)6-3-18-9-21(45)10-23(29(18)22)30-26(37)11-24-32(31(30)39)41-34(42-33(24)44-12-19-4-5-20(13-44)40-19)47-17-35(7-8-35)16-43-14-27(38)28(46)15-43/h1,3,6,9-11,19-20,27-28,40,45-46H,4-5,7-8,12-17H2/t19?,20?,27-,28-/m1/s1. The fraction of sp³-hybridized carbons (Fsp3) is 0.429. The maximum atomic E-state index is 16.8. The number of nitrogens with zero attached hydrogens (tertiary/aromatic N) is 4. The molecule has 1 aromatic heterocycles. The van der Waals surface area contributed by atoms with Gasteiger partial charge in [0.1, 0.15) is 34.9 Å². The van der Waals surface area contributed by atoms with Gasteiger partial charge in [-0.1, -0.05) is 12.0 Å². The topological polar surface area (TPSA) is 94.0 Å². The molecule has 244 valence electrons. The Kier molecular flexibility index (Phi) is 7.20. The van der Waals surface area contributed by atoms with E-state index in [9.17, 15) is 19.0 Å². The Morgan fingerprint density at radius 3 is 2.47 bits per heavy atom. The van der Waals surface area contributed by atoms with E-state index in [1.54, 1.807) is 0 Å². The summed E-state index contributed by atoms with van der Waals surface area (Å²) in [5.74, 6) is -0.340. The van der Waals surface area contributed by atoms with Crippen LogP contribution in [-0.2, 0) is 0 Å². The Morgan fingerprint density at radius 2 is 1.79 bits per heavy atom. The maximum absolute atomic E-state index is 16.8. The number of benzene rings is 3. The molecule has 8 rings (SSSR count). The molecule has 3 N–H and O–H groups in total. The van der Waals surface area contributed by atoms with Gasteiger partial charge >= 0.3 is 6.01 Å². The van der Waals surface area contributed by atoms with Gasteiger partial charge in [0.15, 0.2) is 5.82 Å². The monoisotopic (exact) mass is 647 g/mol. The number of halogens is 4. The van der Waals surface area contributed by atoms with Crippen molar-refractivity contribution in [3.05, 3.63) is 53.3 Å². The summed E-state index contributed by atoms with van der Waals surface area (Å²) in [5.41, 5.74) is -1.26. The molecule has 4 atom stereocenters. The Labute approximate surface area is 268 Å². The molecule has 2 unspecified atom stereocenters. The highest BCUT2D eigenvalue weighted by molar-refractivity contribution is 6.04. The van der Waals surface area contributed by atoms with Gasteiger partial charge in [-0.05, 0) is 55.3 Å². The van der Waals surface area contributed by atoms with Crippen LogP contribution in [0.25, 0.3) is 32.8 Å². The van der Waals surface area contributed by atoms with Crippen LogP contribution in [0.2, 0.25) is 0 Å². The Morgan fingerprint density at radius 1 is 1.02 bits per heavy atom. The number of likely N-dealkylation sites (tertiary alicyclic amines) is 1. The molecule has 12 heteroatoms. The highest BCUT2D eigenvalue weighted by atomic mass is 19.1. The Hall–Kier alpha value is -4.18. The van der Waals surface area contributed by atoms with Crippen LogP contribution in [0.4, 0.5) is 23.4 Å². The summed E-state index contributed by atoms with van der Waals surface area (Å²) in [4.78, 5) is 13.0. The largest absolute Gasteiger partial charge is 0.508 e. The zero-order valence-electron chi connectivity index (χ0n) is 25.4. The minimum absolute atomic E-state index is 0.0814. The summed E-state index contributed by atoms with van der Waals surface area (Å²) in [7, 11) is 0. The first-order valence-corrected chi connectivity index (χ1v) is 15.9. The van der Waals surface area contributed by atoms with Gasteiger partial charge in [-0.3, -0.25) is 4.90 Å². The van der Waals surface area contributed by atoms with Crippen molar-refractivity contribution in [3.8, 4) is 35.2 Å². The van der Waals surface area contributed by atoms with E-state index < -0.39 is 35.3 Å². The molecule has 0 amide bonds. The van der Waals surface area contributed by atoms with Gasteiger partial charge < -0.3 is 25.2 Å². The third kappa shape index (κ3) is 5.30. The number of terminal acetylenes is 1. The maximum Gasteiger partial charge on any atom is 0.319 e.